The lowest BCUT2D eigenvalue weighted by atomic mass is 9.89. The van der Waals surface area contributed by atoms with Gasteiger partial charge in [-0.25, -0.2) is 0 Å². The number of nitrogens with two attached hydrogens (primary N) is 1. The number of likely N-dealkylation sites (N-methyl/N-ethyl adjacent to an activating group) is 1. The van der Waals surface area contributed by atoms with E-state index in [0.717, 1.165) is 24.2 Å². The second-order valence-electron chi connectivity index (χ2n) is 11.4. The molecule has 0 aromatic heterocycles. The maximum atomic E-state index is 13.8. The molecule has 12 nitrogen and oxygen atoms in total. The van der Waals surface area contributed by atoms with Crippen molar-refractivity contribution in [3.05, 3.63) is 53.6 Å². The zero-order valence-corrected chi connectivity index (χ0v) is 24.6. The Labute approximate surface area is 246 Å². The van der Waals surface area contributed by atoms with Gasteiger partial charge in [0.2, 0.25) is 5.91 Å². The van der Waals surface area contributed by atoms with Gasteiger partial charge in [-0.3, -0.25) is 25.1 Å². The molecular weight excluding hydrogens is 538 g/mol. The highest BCUT2D eigenvalue weighted by molar-refractivity contribution is 5.95. The molecule has 7 N–H and O–H groups in total. The number of nitrogen functional groups attached to an aromatic ring is 1. The van der Waals surface area contributed by atoms with Gasteiger partial charge in [-0.05, 0) is 75.6 Å². The number of hydrogen-bond acceptors (Lipinski definition) is 9. The van der Waals surface area contributed by atoms with Crippen molar-refractivity contribution >= 4 is 40.7 Å². The summed E-state index contributed by atoms with van der Waals surface area (Å²) in [7, 11) is 1.83. The molecule has 1 saturated heterocycles. The molecule has 226 valence electrons. The number of amidine groups is 1. The molecule has 2 unspecified atom stereocenters. The number of hydrogen-bond donors (Lipinski definition) is 6. The van der Waals surface area contributed by atoms with Crippen LogP contribution in [-0.4, -0.2) is 78.7 Å². The molecule has 2 aliphatic heterocycles. The van der Waals surface area contributed by atoms with Crippen molar-refractivity contribution in [1.29, 1.82) is 5.41 Å². The number of carbonyl (C=O) groups excluding carboxylic acids is 2. The SMILES string of the molecule is CC(C)OC(=O)CNC(C)(C(=O)N1CCCC1)c1ccc2c(c1)NC(CNc1ccc(C(=N)N)cc1)(CC(=O)O)N2C. The van der Waals surface area contributed by atoms with Crippen molar-refractivity contribution in [3.8, 4) is 0 Å². The number of rotatable bonds is 12. The summed E-state index contributed by atoms with van der Waals surface area (Å²) in [5.41, 5.74) is 6.77. The molecule has 2 aromatic carbocycles. The van der Waals surface area contributed by atoms with Crippen LogP contribution in [0.15, 0.2) is 42.5 Å². The van der Waals surface area contributed by atoms with E-state index in [0.29, 0.717) is 29.9 Å². The van der Waals surface area contributed by atoms with Crippen molar-refractivity contribution in [2.24, 2.45) is 5.73 Å². The number of carbonyl (C=O) groups is 3. The summed E-state index contributed by atoms with van der Waals surface area (Å²) in [6.45, 7) is 6.71. The molecule has 42 heavy (non-hydrogen) atoms. The summed E-state index contributed by atoms with van der Waals surface area (Å²) in [6, 6.07) is 12.6. The number of amides is 1. The summed E-state index contributed by atoms with van der Waals surface area (Å²) < 4.78 is 5.30. The average Bonchev–Trinajstić information content (AvgIpc) is 3.56. The largest absolute Gasteiger partial charge is 0.481 e. The number of likely N-dealkylation sites (tertiary alicyclic amines) is 1. The van der Waals surface area contributed by atoms with E-state index in [2.05, 4.69) is 16.0 Å². The van der Waals surface area contributed by atoms with Crippen molar-refractivity contribution in [3.63, 3.8) is 0 Å². The normalized spacial score (nSPS) is 19.2. The molecular formula is C30H41N7O5. The molecule has 1 fully saturated rings. The number of nitrogens with zero attached hydrogens (tertiary/aromatic N) is 2. The Morgan fingerprint density at radius 2 is 1.83 bits per heavy atom. The molecule has 0 aliphatic carbocycles. The number of anilines is 3. The van der Waals surface area contributed by atoms with Gasteiger partial charge >= 0.3 is 11.9 Å². The number of aliphatic carboxylic acids is 1. The van der Waals surface area contributed by atoms with Gasteiger partial charge < -0.3 is 36.0 Å². The third-order valence-corrected chi connectivity index (χ3v) is 7.94. The second kappa shape index (κ2) is 12.3. The van der Waals surface area contributed by atoms with Gasteiger partial charge in [-0.2, -0.15) is 0 Å². The Hall–Kier alpha value is -4.32. The van der Waals surface area contributed by atoms with Crippen LogP contribution in [0, 0.1) is 5.41 Å². The van der Waals surface area contributed by atoms with Gasteiger partial charge in [-0.1, -0.05) is 6.07 Å². The molecule has 2 aliphatic rings. The fraction of sp³-hybridized carbons (Fsp3) is 0.467. The van der Waals surface area contributed by atoms with Crippen molar-refractivity contribution < 1.29 is 24.2 Å². The number of fused-ring (bicyclic) bond motifs is 1. The first-order valence-electron chi connectivity index (χ1n) is 14.2. The van der Waals surface area contributed by atoms with Crippen LogP contribution in [0.1, 0.15) is 51.2 Å². The first-order chi connectivity index (χ1) is 19.8. The van der Waals surface area contributed by atoms with Gasteiger partial charge in [0.15, 0.2) is 0 Å². The monoisotopic (exact) mass is 579 g/mol. The minimum Gasteiger partial charge on any atom is -0.481 e. The zero-order valence-electron chi connectivity index (χ0n) is 24.6. The Kier molecular flexibility index (Phi) is 8.95. The van der Waals surface area contributed by atoms with Crippen LogP contribution in [0.5, 0.6) is 0 Å². The lowest BCUT2D eigenvalue weighted by Crippen LogP contribution is -2.55. The van der Waals surface area contributed by atoms with Crippen LogP contribution in [0.2, 0.25) is 0 Å². The Morgan fingerprint density at radius 1 is 1.17 bits per heavy atom. The van der Waals surface area contributed by atoms with Gasteiger partial charge in [0.25, 0.3) is 0 Å². The summed E-state index contributed by atoms with van der Waals surface area (Å²) in [4.78, 5) is 42.0. The van der Waals surface area contributed by atoms with Crippen LogP contribution >= 0.6 is 0 Å². The smallest absolute Gasteiger partial charge is 0.320 e. The van der Waals surface area contributed by atoms with Crippen molar-refractivity contribution in [1.82, 2.24) is 10.2 Å². The summed E-state index contributed by atoms with van der Waals surface area (Å²) in [5, 5.41) is 27.3. The van der Waals surface area contributed by atoms with Gasteiger partial charge in [0.05, 0.1) is 37.0 Å². The Morgan fingerprint density at radius 3 is 2.43 bits per heavy atom. The minimum absolute atomic E-state index is 0.0335. The first-order valence-corrected chi connectivity index (χ1v) is 14.2. The van der Waals surface area contributed by atoms with E-state index in [9.17, 15) is 19.5 Å². The summed E-state index contributed by atoms with van der Waals surface area (Å²) in [6.07, 6.45) is 1.36. The van der Waals surface area contributed by atoms with Crippen LogP contribution < -0.4 is 26.6 Å². The van der Waals surface area contributed by atoms with E-state index in [-0.39, 0.29) is 37.4 Å². The lowest BCUT2D eigenvalue weighted by molar-refractivity contribution is -0.147. The summed E-state index contributed by atoms with van der Waals surface area (Å²) in [5.74, 6) is -1.59. The van der Waals surface area contributed by atoms with Crippen LogP contribution in [0.25, 0.3) is 0 Å². The van der Waals surface area contributed by atoms with E-state index in [1.54, 1.807) is 45.0 Å². The predicted molar refractivity (Wildman–Crippen MR) is 162 cm³/mol. The van der Waals surface area contributed by atoms with Crippen molar-refractivity contribution in [2.75, 3.05) is 48.8 Å². The Balaban J connectivity index is 1.62. The zero-order chi connectivity index (χ0) is 30.7. The molecule has 2 atom stereocenters. The third-order valence-electron chi connectivity index (χ3n) is 7.94. The molecule has 1 amide bonds. The average molecular weight is 580 g/mol. The van der Waals surface area contributed by atoms with Crippen LogP contribution in [0.3, 0.4) is 0 Å². The highest BCUT2D eigenvalue weighted by atomic mass is 16.5. The molecule has 0 spiro atoms. The number of carboxylic acids is 1. The van der Waals surface area contributed by atoms with E-state index < -0.39 is 23.1 Å². The number of carboxylic acid groups (broad SMARTS) is 1. The maximum absolute atomic E-state index is 13.8. The Bertz CT molecular complexity index is 1340. The highest BCUT2D eigenvalue weighted by Crippen LogP contribution is 2.43. The molecule has 12 heteroatoms. The third kappa shape index (κ3) is 6.43. The van der Waals surface area contributed by atoms with Gasteiger partial charge in [-0.15, -0.1) is 0 Å². The topological polar surface area (TPSA) is 173 Å². The molecule has 4 rings (SSSR count). The van der Waals surface area contributed by atoms with E-state index in [1.807, 2.05) is 35.0 Å². The van der Waals surface area contributed by atoms with Crippen molar-refractivity contribution in [2.45, 2.75) is 57.3 Å². The first kappa shape index (κ1) is 30.6. The lowest BCUT2D eigenvalue weighted by Gasteiger charge is -2.37. The van der Waals surface area contributed by atoms with E-state index in [4.69, 9.17) is 15.9 Å². The standard InChI is InChI=1S/C30H41N7O5/c1-19(2)42-26(40)17-34-29(3,28(41)37-13-5-6-14-37)21-9-12-24-23(15-21)35-30(36(24)4,16-25(38)39)18-33-22-10-7-20(8-11-22)27(31)32/h7-12,15,19,33-35H,5-6,13-14,16-18H2,1-4H3,(H3,31,32)(H,38,39). The van der Waals surface area contributed by atoms with Gasteiger partial charge in [0, 0.05) is 31.4 Å². The second-order valence-corrected chi connectivity index (χ2v) is 11.4. The maximum Gasteiger partial charge on any atom is 0.320 e. The van der Waals surface area contributed by atoms with E-state index >= 15 is 0 Å². The molecule has 0 saturated carbocycles. The predicted octanol–water partition coefficient (Wildman–Crippen LogP) is 2.49. The molecule has 0 bridgehead atoms. The fourth-order valence-corrected chi connectivity index (χ4v) is 5.55. The van der Waals surface area contributed by atoms with Gasteiger partial charge in [0.1, 0.15) is 17.0 Å². The fourth-order valence-electron chi connectivity index (χ4n) is 5.55. The van der Waals surface area contributed by atoms with Crippen LogP contribution in [-0.2, 0) is 24.7 Å². The summed E-state index contributed by atoms with van der Waals surface area (Å²) >= 11 is 0. The number of nitrogens with one attached hydrogen (secondary N) is 4. The molecule has 0 radical (unpaired) electrons. The van der Waals surface area contributed by atoms with E-state index in [1.165, 1.54) is 0 Å². The molecule has 2 aromatic rings. The highest BCUT2D eigenvalue weighted by Gasteiger charge is 2.45. The number of benzene rings is 2. The minimum atomic E-state index is -1.22. The number of ether oxygens (including phenoxy) is 1. The molecule has 2 heterocycles. The quantitative estimate of drug-likeness (QED) is 0.125. The van der Waals surface area contributed by atoms with Crippen LogP contribution in [0.4, 0.5) is 17.1 Å². The number of esters is 1.